The number of carbonyl (C=O) groups is 2. The highest BCUT2D eigenvalue weighted by molar-refractivity contribution is 6.30. The summed E-state index contributed by atoms with van der Waals surface area (Å²) in [5, 5.41) is 0.463. The van der Waals surface area contributed by atoms with Gasteiger partial charge < -0.3 is 9.80 Å². The molecule has 0 aromatic heterocycles. The molecule has 4 rings (SSSR count). The van der Waals surface area contributed by atoms with E-state index in [-0.39, 0.29) is 24.2 Å². The molecular formula is C22H22ClFN2O2. The second-order valence-corrected chi connectivity index (χ2v) is 8.09. The molecule has 4 nitrogen and oxygen atoms in total. The Labute approximate surface area is 168 Å². The predicted octanol–water partition coefficient (Wildman–Crippen LogP) is 4.13. The molecule has 2 aromatic carbocycles. The lowest BCUT2D eigenvalue weighted by molar-refractivity contribution is -0.138. The molecule has 0 atom stereocenters. The van der Waals surface area contributed by atoms with E-state index in [1.165, 1.54) is 12.1 Å². The molecule has 2 heterocycles. The fourth-order valence-corrected chi connectivity index (χ4v) is 4.47. The molecule has 2 saturated heterocycles. The Kier molecular flexibility index (Phi) is 5.11. The summed E-state index contributed by atoms with van der Waals surface area (Å²) in [7, 11) is 0. The van der Waals surface area contributed by atoms with Gasteiger partial charge in [-0.25, -0.2) is 4.39 Å². The van der Waals surface area contributed by atoms with E-state index in [0.717, 1.165) is 6.42 Å². The third kappa shape index (κ3) is 3.51. The van der Waals surface area contributed by atoms with Gasteiger partial charge >= 0.3 is 0 Å². The fourth-order valence-electron chi connectivity index (χ4n) is 4.28. The van der Waals surface area contributed by atoms with Crippen LogP contribution in [0.5, 0.6) is 0 Å². The summed E-state index contributed by atoms with van der Waals surface area (Å²) in [5.74, 6) is -0.265. The zero-order chi connectivity index (χ0) is 19.7. The van der Waals surface area contributed by atoms with E-state index in [0.29, 0.717) is 48.6 Å². The highest BCUT2D eigenvalue weighted by Gasteiger charge is 2.48. The number of likely N-dealkylation sites (tertiary alicyclic amines) is 2. The van der Waals surface area contributed by atoms with Gasteiger partial charge in [-0.05, 0) is 49.6 Å². The van der Waals surface area contributed by atoms with Crippen molar-refractivity contribution < 1.29 is 14.0 Å². The number of piperidine rings is 1. The lowest BCUT2D eigenvalue weighted by Crippen LogP contribution is -2.46. The van der Waals surface area contributed by atoms with Crippen LogP contribution in [-0.2, 0) is 11.3 Å². The van der Waals surface area contributed by atoms with Crippen molar-refractivity contribution in [3.05, 3.63) is 70.5 Å². The number of carbonyl (C=O) groups excluding carboxylic acids is 2. The lowest BCUT2D eigenvalue weighted by Gasteiger charge is -2.38. The molecular weight excluding hydrogens is 379 g/mol. The van der Waals surface area contributed by atoms with E-state index in [1.54, 1.807) is 11.0 Å². The van der Waals surface area contributed by atoms with Gasteiger partial charge in [-0.3, -0.25) is 9.59 Å². The van der Waals surface area contributed by atoms with Crippen LogP contribution < -0.4 is 0 Å². The number of amides is 2. The van der Waals surface area contributed by atoms with Gasteiger partial charge in [0.15, 0.2) is 0 Å². The maximum atomic E-state index is 14.0. The van der Waals surface area contributed by atoms with Crippen molar-refractivity contribution in [3.8, 4) is 0 Å². The van der Waals surface area contributed by atoms with Crippen molar-refractivity contribution >= 4 is 23.4 Å². The average molecular weight is 401 g/mol. The zero-order valence-corrected chi connectivity index (χ0v) is 16.3. The van der Waals surface area contributed by atoms with Gasteiger partial charge in [0, 0.05) is 42.3 Å². The molecule has 0 radical (unpaired) electrons. The van der Waals surface area contributed by atoms with Gasteiger partial charge in [-0.1, -0.05) is 29.8 Å². The number of nitrogens with zero attached hydrogens (tertiary/aromatic N) is 2. The molecule has 146 valence electrons. The van der Waals surface area contributed by atoms with E-state index >= 15 is 0 Å². The minimum absolute atomic E-state index is 0.0127. The van der Waals surface area contributed by atoms with Crippen LogP contribution in [0, 0.1) is 11.2 Å². The molecule has 2 aromatic rings. The van der Waals surface area contributed by atoms with Gasteiger partial charge in [-0.15, -0.1) is 0 Å². The zero-order valence-electron chi connectivity index (χ0n) is 15.5. The Hall–Kier alpha value is -2.40. The van der Waals surface area contributed by atoms with Crippen LogP contribution in [0.1, 0.15) is 35.2 Å². The van der Waals surface area contributed by atoms with Crippen LogP contribution in [-0.4, -0.2) is 41.2 Å². The standard InChI is InChI=1S/C22H22ClFN2O2/c23-18-6-7-19(24)17(14-18)15-26-13-10-22(21(26)28)8-11-25(12-9-22)20(27)16-4-2-1-3-5-16/h1-7,14H,8-13,15H2. The van der Waals surface area contributed by atoms with Crippen LogP contribution in [0.3, 0.4) is 0 Å². The molecule has 1 spiro atoms. The summed E-state index contributed by atoms with van der Waals surface area (Å²) in [6, 6.07) is 13.6. The number of benzene rings is 2. The molecule has 6 heteroatoms. The summed E-state index contributed by atoms with van der Waals surface area (Å²) in [5.41, 5.74) is 0.687. The summed E-state index contributed by atoms with van der Waals surface area (Å²) in [6.45, 7) is 1.98. The van der Waals surface area contributed by atoms with Crippen LogP contribution in [0.25, 0.3) is 0 Å². The topological polar surface area (TPSA) is 40.6 Å². The highest BCUT2D eigenvalue weighted by atomic mass is 35.5. The second-order valence-electron chi connectivity index (χ2n) is 7.65. The first-order valence-corrected chi connectivity index (χ1v) is 9.94. The van der Waals surface area contributed by atoms with Crippen LogP contribution >= 0.6 is 11.6 Å². The third-order valence-electron chi connectivity index (χ3n) is 6.00. The fraction of sp³-hybridized carbons (Fsp3) is 0.364. The molecule has 2 amide bonds. The van der Waals surface area contributed by atoms with E-state index in [4.69, 9.17) is 11.6 Å². The minimum Gasteiger partial charge on any atom is -0.339 e. The third-order valence-corrected chi connectivity index (χ3v) is 6.23. The van der Waals surface area contributed by atoms with Crippen molar-refractivity contribution in [1.29, 1.82) is 0 Å². The van der Waals surface area contributed by atoms with Crippen molar-refractivity contribution in [1.82, 2.24) is 9.80 Å². The first-order valence-electron chi connectivity index (χ1n) is 9.56. The van der Waals surface area contributed by atoms with E-state index in [1.807, 2.05) is 35.2 Å². The van der Waals surface area contributed by atoms with E-state index in [2.05, 4.69) is 0 Å². The maximum Gasteiger partial charge on any atom is 0.253 e. The van der Waals surface area contributed by atoms with Crippen molar-refractivity contribution in [2.75, 3.05) is 19.6 Å². The number of rotatable bonds is 3. The summed E-state index contributed by atoms with van der Waals surface area (Å²) in [4.78, 5) is 29.3. The smallest absolute Gasteiger partial charge is 0.253 e. The quantitative estimate of drug-likeness (QED) is 0.777. The van der Waals surface area contributed by atoms with Crippen molar-refractivity contribution in [2.24, 2.45) is 5.41 Å². The first kappa shape index (κ1) is 18.9. The first-order chi connectivity index (χ1) is 13.5. The number of hydrogen-bond donors (Lipinski definition) is 0. The maximum absolute atomic E-state index is 14.0. The normalized spacial score (nSPS) is 18.7. The van der Waals surface area contributed by atoms with Crippen molar-refractivity contribution in [3.63, 3.8) is 0 Å². The molecule has 28 heavy (non-hydrogen) atoms. The average Bonchev–Trinajstić information content (AvgIpc) is 3.01. The Morgan fingerprint density at radius 1 is 1.04 bits per heavy atom. The van der Waals surface area contributed by atoms with Gasteiger partial charge in [0.1, 0.15) is 5.82 Å². The van der Waals surface area contributed by atoms with E-state index in [9.17, 15) is 14.0 Å². The predicted molar refractivity (Wildman–Crippen MR) is 105 cm³/mol. The van der Waals surface area contributed by atoms with Crippen molar-refractivity contribution in [2.45, 2.75) is 25.8 Å². The Balaban J connectivity index is 1.41. The molecule has 0 saturated carbocycles. The monoisotopic (exact) mass is 400 g/mol. The van der Waals surface area contributed by atoms with Gasteiger partial charge in [0.05, 0.1) is 5.41 Å². The molecule has 2 fully saturated rings. The van der Waals surface area contributed by atoms with Gasteiger partial charge in [0.2, 0.25) is 5.91 Å². The Morgan fingerprint density at radius 3 is 2.43 bits per heavy atom. The molecule has 0 unspecified atom stereocenters. The number of halogens is 2. The molecule has 0 bridgehead atoms. The summed E-state index contributed by atoms with van der Waals surface area (Å²) < 4.78 is 14.0. The molecule has 2 aliphatic rings. The molecule has 2 aliphatic heterocycles. The molecule has 0 N–H and O–H groups in total. The Morgan fingerprint density at radius 2 is 1.71 bits per heavy atom. The largest absolute Gasteiger partial charge is 0.339 e. The Bertz CT molecular complexity index is 895. The van der Waals surface area contributed by atoms with Crippen LogP contribution in [0.2, 0.25) is 5.02 Å². The molecule has 0 aliphatic carbocycles. The highest BCUT2D eigenvalue weighted by Crippen LogP contribution is 2.42. The second kappa shape index (κ2) is 7.55. The summed E-state index contributed by atoms with van der Waals surface area (Å²) in [6.07, 6.45) is 2.05. The summed E-state index contributed by atoms with van der Waals surface area (Å²) >= 11 is 5.97. The van der Waals surface area contributed by atoms with Gasteiger partial charge in [0.25, 0.3) is 5.91 Å². The lowest BCUT2D eigenvalue weighted by atomic mass is 9.77. The number of hydrogen-bond acceptors (Lipinski definition) is 2. The van der Waals surface area contributed by atoms with Crippen LogP contribution in [0.15, 0.2) is 48.5 Å². The van der Waals surface area contributed by atoms with E-state index < -0.39 is 5.41 Å². The van der Waals surface area contributed by atoms with Crippen LogP contribution in [0.4, 0.5) is 4.39 Å². The van der Waals surface area contributed by atoms with Gasteiger partial charge in [-0.2, -0.15) is 0 Å². The minimum atomic E-state index is -0.428. The SMILES string of the molecule is O=C(c1ccccc1)N1CCC2(CC1)CCN(Cc1cc(Cl)ccc1F)C2=O.